The summed E-state index contributed by atoms with van der Waals surface area (Å²) in [6, 6.07) is 7.30. The van der Waals surface area contributed by atoms with E-state index in [-0.39, 0.29) is 5.97 Å². The van der Waals surface area contributed by atoms with Gasteiger partial charge in [0, 0.05) is 28.0 Å². The number of esters is 1. The van der Waals surface area contributed by atoms with Gasteiger partial charge < -0.3 is 9.47 Å². The molecule has 0 N–H and O–H groups in total. The Morgan fingerprint density at radius 2 is 2.19 bits per heavy atom. The van der Waals surface area contributed by atoms with Gasteiger partial charge in [-0.25, -0.2) is 4.79 Å². The lowest BCUT2D eigenvalue weighted by Gasteiger charge is -2.11. The minimum atomic E-state index is -0.378. The Morgan fingerprint density at radius 1 is 1.33 bits per heavy atom. The van der Waals surface area contributed by atoms with Crippen LogP contribution in [0.2, 0.25) is 0 Å². The summed E-state index contributed by atoms with van der Waals surface area (Å²) in [5.41, 5.74) is 1.90. The number of fused-ring (bicyclic) bond motifs is 2. The van der Waals surface area contributed by atoms with Crippen LogP contribution in [0.1, 0.15) is 18.1 Å². The van der Waals surface area contributed by atoms with Gasteiger partial charge in [-0.2, -0.15) is 0 Å². The van der Waals surface area contributed by atoms with Crippen molar-refractivity contribution in [3.8, 4) is 11.5 Å². The summed E-state index contributed by atoms with van der Waals surface area (Å²) in [7, 11) is 0. The van der Waals surface area contributed by atoms with Gasteiger partial charge in [0.05, 0.1) is 12.2 Å². The van der Waals surface area contributed by atoms with E-state index in [1.807, 2.05) is 18.2 Å². The van der Waals surface area contributed by atoms with Crippen molar-refractivity contribution in [3.05, 3.63) is 52.3 Å². The molecule has 4 nitrogen and oxygen atoms in total. The standard InChI is InChI=1S/C16H12BrNO3/c1-2-20-16(19)13-7-10-9-18-6-5-14(10)21-15-4-3-11(17)8-12(13)15/h3-9H,2H2,1H3. The Labute approximate surface area is 130 Å². The molecule has 106 valence electrons. The van der Waals surface area contributed by atoms with Crippen LogP contribution < -0.4 is 4.74 Å². The van der Waals surface area contributed by atoms with Gasteiger partial charge in [0.1, 0.15) is 11.5 Å². The first-order valence-electron chi connectivity index (χ1n) is 6.49. The van der Waals surface area contributed by atoms with Crippen molar-refractivity contribution < 1.29 is 14.3 Å². The van der Waals surface area contributed by atoms with E-state index in [0.717, 1.165) is 10.0 Å². The summed E-state index contributed by atoms with van der Waals surface area (Å²) in [6.07, 6.45) is 5.06. The van der Waals surface area contributed by atoms with Crippen molar-refractivity contribution in [2.45, 2.75) is 6.92 Å². The SMILES string of the molecule is CCOC(=O)C1=Cc2cnccc2Oc2ccc(Br)cc21. The van der Waals surface area contributed by atoms with E-state index in [0.29, 0.717) is 29.2 Å². The van der Waals surface area contributed by atoms with Crippen LogP contribution in [0, 0.1) is 0 Å². The first kappa shape index (κ1) is 13.8. The van der Waals surface area contributed by atoms with E-state index in [9.17, 15) is 4.79 Å². The molecular weight excluding hydrogens is 334 g/mol. The molecule has 1 aromatic carbocycles. The molecule has 21 heavy (non-hydrogen) atoms. The molecule has 0 spiro atoms. The van der Waals surface area contributed by atoms with Crippen molar-refractivity contribution in [3.63, 3.8) is 0 Å². The van der Waals surface area contributed by atoms with Crippen LogP contribution in [0.5, 0.6) is 11.5 Å². The normalized spacial score (nSPS) is 12.4. The number of aromatic nitrogens is 1. The van der Waals surface area contributed by atoms with Crippen molar-refractivity contribution in [2.24, 2.45) is 0 Å². The predicted molar refractivity (Wildman–Crippen MR) is 83.0 cm³/mol. The van der Waals surface area contributed by atoms with Crippen LogP contribution in [0.15, 0.2) is 41.1 Å². The van der Waals surface area contributed by atoms with E-state index < -0.39 is 0 Å². The van der Waals surface area contributed by atoms with Crippen LogP contribution in [-0.4, -0.2) is 17.6 Å². The van der Waals surface area contributed by atoms with E-state index in [4.69, 9.17) is 9.47 Å². The van der Waals surface area contributed by atoms with Gasteiger partial charge >= 0.3 is 5.97 Å². The second-order valence-corrected chi connectivity index (χ2v) is 5.35. The number of pyridine rings is 1. The van der Waals surface area contributed by atoms with Crippen molar-refractivity contribution in [1.29, 1.82) is 0 Å². The highest BCUT2D eigenvalue weighted by Gasteiger charge is 2.22. The number of ether oxygens (including phenoxy) is 2. The molecule has 0 saturated carbocycles. The fraction of sp³-hybridized carbons (Fsp3) is 0.125. The van der Waals surface area contributed by atoms with E-state index >= 15 is 0 Å². The molecule has 2 aromatic rings. The molecule has 0 radical (unpaired) electrons. The number of carbonyl (C=O) groups is 1. The van der Waals surface area contributed by atoms with Gasteiger partial charge in [-0.05, 0) is 37.3 Å². The molecule has 0 fully saturated rings. The van der Waals surface area contributed by atoms with Crippen molar-refractivity contribution in [2.75, 3.05) is 6.61 Å². The maximum atomic E-state index is 12.3. The van der Waals surface area contributed by atoms with Crippen LogP contribution in [0.3, 0.4) is 0 Å². The summed E-state index contributed by atoms with van der Waals surface area (Å²) in [6.45, 7) is 2.10. The zero-order chi connectivity index (χ0) is 14.8. The Bertz CT molecular complexity index is 740. The van der Waals surface area contributed by atoms with Crippen LogP contribution in [-0.2, 0) is 9.53 Å². The number of rotatable bonds is 2. The minimum absolute atomic E-state index is 0.320. The zero-order valence-electron chi connectivity index (χ0n) is 11.3. The average Bonchev–Trinajstić information content (AvgIpc) is 2.64. The third-order valence-electron chi connectivity index (χ3n) is 3.06. The Kier molecular flexibility index (Phi) is 3.75. The monoisotopic (exact) mass is 345 g/mol. The van der Waals surface area contributed by atoms with Crippen LogP contribution in [0.4, 0.5) is 0 Å². The van der Waals surface area contributed by atoms with Crippen LogP contribution in [0.25, 0.3) is 11.6 Å². The van der Waals surface area contributed by atoms with E-state index in [1.165, 1.54) is 0 Å². The van der Waals surface area contributed by atoms with Crippen molar-refractivity contribution in [1.82, 2.24) is 4.98 Å². The molecule has 1 aliphatic heterocycles. The Hall–Kier alpha value is -2.14. The summed E-state index contributed by atoms with van der Waals surface area (Å²) in [4.78, 5) is 16.3. The summed E-state index contributed by atoms with van der Waals surface area (Å²) in [5, 5.41) is 0. The molecule has 2 heterocycles. The van der Waals surface area contributed by atoms with Gasteiger partial charge in [-0.15, -0.1) is 0 Å². The highest BCUT2D eigenvalue weighted by Crippen LogP contribution is 2.39. The zero-order valence-corrected chi connectivity index (χ0v) is 12.9. The van der Waals surface area contributed by atoms with Gasteiger partial charge in [0.2, 0.25) is 0 Å². The number of carbonyl (C=O) groups excluding carboxylic acids is 1. The van der Waals surface area contributed by atoms with Crippen molar-refractivity contribution >= 4 is 33.5 Å². The summed E-state index contributed by atoms with van der Waals surface area (Å²) < 4.78 is 11.9. The second-order valence-electron chi connectivity index (χ2n) is 4.43. The molecule has 0 atom stereocenters. The summed E-state index contributed by atoms with van der Waals surface area (Å²) in [5.74, 6) is 0.896. The topological polar surface area (TPSA) is 48.4 Å². The molecule has 0 bridgehead atoms. The van der Waals surface area contributed by atoms with Gasteiger partial charge in [-0.1, -0.05) is 15.9 Å². The minimum Gasteiger partial charge on any atom is -0.462 e. The third-order valence-corrected chi connectivity index (χ3v) is 3.55. The first-order valence-corrected chi connectivity index (χ1v) is 7.29. The second kappa shape index (κ2) is 5.69. The molecule has 0 aliphatic carbocycles. The lowest BCUT2D eigenvalue weighted by molar-refractivity contribution is -0.136. The molecule has 1 aromatic heterocycles. The molecule has 0 saturated heterocycles. The molecular formula is C16H12BrNO3. The lowest BCUT2D eigenvalue weighted by atomic mass is 10.0. The molecule has 3 rings (SSSR count). The number of hydrogen-bond acceptors (Lipinski definition) is 4. The number of hydrogen-bond donors (Lipinski definition) is 0. The molecule has 0 unspecified atom stereocenters. The predicted octanol–water partition coefficient (Wildman–Crippen LogP) is 4.05. The fourth-order valence-electron chi connectivity index (χ4n) is 2.13. The Morgan fingerprint density at radius 3 is 3.00 bits per heavy atom. The van der Waals surface area contributed by atoms with E-state index in [2.05, 4.69) is 20.9 Å². The van der Waals surface area contributed by atoms with Gasteiger partial charge in [0.25, 0.3) is 0 Å². The quantitative estimate of drug-likeness (QED) is 0.770. The smallest absolute Gasteiger partial charge is 0.338 e. The highest BCUT2D eigenvalue weighted by molar-refractivity contribution is 9.10. The Balaban J connectivity index is 2.21. The maximum absolute atomic E-state index is 12.3. The number of halogens is 1. The molecule has 5 heteroatoms. The fourth-order valence-corrected chi connectivity index (χ4v) is 2.49. The molecule has 0 amide bonds. The average molecular weight is 346 g/mol. The maximum Gasteiger partial charge on any atom is 0.338 e. The van der Waals surface area contributed by atoms with Gasteiger partial charge in [-0.3, -0.25) is 4.98 Å². The largest absolute Gasteiger partial charge is 0.462 e. The lowest BCUT2D eigenvalue weighted by Crippen LogP contribution is -2.07. The number of nitrogens with zero attached hydrogens (tertiary/aromatic N) is 1. The third kappa shape index (κ3) is 2.69. The molecule has 1 aliphatic rings. The van der Waals surface area contributed by atoms with E-state index in [1.54, 1.807) is 31.5 Å². The van der Waals surface area contributed by atoms with Crippen LogP contribution >= 0.6 is 15.9 Å². The highest BCUT2D eigenvalue weighted by atomic mass is 79.9. The first-order chi connectivity index (χ1) is 10.2. The number of benzene rings is 1. The summed E-state index contributed by atoms with van der Waals surface area (Å²) >= 11 is 3.42. The van der Waals surface area contributed by atoms with Gasteiger partial charge in [0.15, 0.2) is 0 Å².